The molecule has 2 aromatic rings. The molecule has 0 saturated carbocycles. The summed E-state index contributed by atoms with van der Waals surface area (Å²) in [4.78, 5) is 14.4. The first-order chi connectivity index (χ1) is 16.2. The van der Waals surface area contributed by atoms with Crippen molar-refractivity contribution in [1.82, 2.24) is 4.90 Å². The first kappa shape index (κ1) is 24.8. The molecule has 0 unspecified atom stereocenters. The van der Waals surface area contributed by atoms with E-state index in [2.05, 4.69) is 54.3 Å². The van der Waals surface area contributed by atoms with Crippen molar-refractivity contribution in [1.29, 1.82) is 0 Å². The lowest BCUT2D eigenvalue weighted by atomic mass is 9.74. The number of piperidine rings is 1. The third-order valence-corrected chi connectivity index (χ3v) is 7.21. The number of benzene rings is 2. The highest BCUT2D eigenvalue weighted by Crippen LogP contribution is 2.46. The fourth-order valence-corrected chi connectivity index (χ4v) is 5.06. The molecule has 1 spiro atoms. The largest absolute Gasteiger partial charge is 0.492 e. The number of carbonyl (C=O) groups excluding carboxylic acids is 1. The maximum Gasteiger partial charge on any atom is 0.307 e. The average Bonchev–Trinajstić information content (AvgIpc) is 3.14. The molecule has 5 heteroatoms. The molecule has 1 saturated heterocycles. The monoisotopic (exact) mass is 481 g/mol. The van der Waals surface area contributed by atoms with E-state index in [1.165, 1.54) is 11.1 Å². The summed E-state index contributed by atoms with van der Waals surface area (Å²) in [7, 11) is 0. The van der Waals surface area contributed by atoms with E-state index in [1.54, 1.807) is 0 Å². The molecule has 0 N–H and O–H groups in total. The van der Waals surface area contributed by atoms with Crippen LogP contribution in [0.15, 0.2) is 36.4 Å². The molecule has 2 heterocycles. The Kier molecular flexibility index (Phi) is 7.39. The molecule has 0 radical (unpaired) electrons. The van der Waals surface area contributed by atoms with Gasteiger partial charge in [0.15, 0.2) is 0 Å². The zero-order chi connectivity index (χ0) is 24.3. The minimum absolute atomic E-state index is 0.0821. The Hall–Kier alpha value is -2.30. The Balaban J connectivity index is 1.37. The number of aryl methyl sites for hydroxylation is 1. The molecule has 0 atom stereocenters. The van der Waals surface area contributed by atoms with Crippen LogP contribution in [0, 0.1) is 0 Å². The molecule has 1 fully saturated rings. The van der Waals surface area contributed by atoms with Crippen molar-refractivity contribution < 1.29 is 14.3 Å². The summed E-state index contributed by atoms with van der Waals surface area (Å²) >= 11 is 6.38. The molecule has 0 aromatic heterocycles. The van der Waals surface area contributed by atoms with Crippen LogP contribution in [0.3, 0.4) is 0 Å². The quantitative estimate of drug-likeness (QED) is 0.347. The molecule has 0 aliphatic carbocycles. The van der Waals surface area contributed by atoms with Crippen molar-refractivity contribution >= 4 is 29.7 Å². The third kappa shape index (κ3) is 5.84. The molecule has 34 heavy (non-hydrogen) atoms. The highest BCUT2D eigenvalue weighted by atomic mass is 35.5. The second kappa shape index (κ2) is 10.1. The van der Waals surface area contributed by atoms with Gasteiger partial charge >= 0.3 is 5.97 Å². The maximum absolute atomic E-state index is 12.1. The van der Waals surface area contributed by atoms with Crippen LogP contribution in [0.1, 0.15) is 69.2 Å². The predicted molar refractivity (Wildman–Crippen MR) is 140 cm³/mol. The second-order valence-corrected chi connectivity index (χ2v) is 11.0. The summed E-state index contributed by atoms with van der Waals surface area (Å²) in [6.07, 6.45) is 7.71. The fraction of sp³-hybridized carbons (Fsp3) is 0.483. The lowest BCUT2D eigenvalue weighted by Gasteiger charge is -2.38. The topological polar surface area (TPSA) is 38.8 Å². The maximum atomic E-state index is 12.1. The molecule has 182 valence electrons. The lowest BCUT2D eigenvalue weighted by molar-refractivity contribution is -0.155. The van der Waals surface area contributed by atoms with Gasteiger partial charge in [-0.15, -0.1) is 0 Å². The summed E-state index contributed by atoms with van der Waals surface area (Å²) in [6, 6.07) is 12.8. The van der Waals surface area contributed by atoms with Gasteiger partial charge in [-0.05, 0) is 81.9 Å². The Morgan fingerprint density at radius 2 is 1.91 bits per heavy atom. The Morgan fingerprint density at radius 1 is 1.15 bits per heavy atom. The van der Waals surface area contributed by atoms with Crippen LogP contribution in [-0.4, -0.2) is 42.7 Å². The van der Waals surface area contributed by atoms with Gasteiger partial charge in [0.1, 0.15) is 11.4 Å². The number of likely N-dealkylation sites (tertiary alicyclic amines) is 1. The van der Waals surface area contributed by atoms with Crippen LogP contribution in [0.5, 0.6) is 5.75 Å². The number of hydrogen-bond donors (Lipinski definition) is 0. The van der Waals surface area contributed by atoms with Crippen molar-refractivity contribution in [2.75, 3.05) is 26.2 Å². The predicted octanol–water partition coefficient (Wildman–Crippen LogP) is 6.53. The highest BCUT2D eigenvalue weighted by molar-refractivity contribution is 6.32. The van der Waals surface area contributed by atoms with Crippen molar-refractivity contribution in [3.63, 3.8) is 0 Å². The van der Waals surface area contributed by atoms with Crippen LogP contribution >= 0.6 is 11.6 Å². The van der Waals surface area contributed by atoms with Crippen LogP contribution in [-0.2, 0) is 21.4 Å². The minimum atomic E-state index is -0.423. The first-order valence-electron chi connectivity index (χ1n) is 12.4. The Labute approximate surface area is 208 Å². The van der Waals surface area contributed by atoms with Gasteiger partial charge in [-0.25, -0.2) is 0 Å². The SMILES string of the molecule is CCc1ccc(Cl)c(/C=C/c2ccc3c(c2)OCC32CCN(CCC(=O)OC(C)(C)C)CC2)c1. The third-order valence-electron chi connectivity index (χ3n) is 6.87. The van der Waals surface area contributed by atoms with E-state index in [-0.39, 0.29) is 11.4 Å². The van der Waals surface area contributed by atoms with Crippen molar-refractivity contribution in [2.24, 2.45) is 0 Å². The zero-order valence-corrected chi connectivity index (χ0v) is 21.6. The minimum Gasteiger partial charge on any atom is -0.492 e. The second-order valence-electron chi connectivity index (χ2n) is 10.5. The average molecular weight is 482 g/mol. The molecule has 2 aliphatic rings. The van der Waals surface area contributed by atoms with E-state index >= 15 is 0 Å². The number of rotatable bonds is 6. The number of nitrogens with zero attached hydrogens (tertiary/aromatic N) is 1. The first-order valence-corrected chi connectivity index (χ1v) is 12.7. The van der Waals surface area contributed by atoms with E-state index in [4.69, 9.17) is 21.1 Å². The van der Waals surface area contributed by atoms with Gasteiger partial charge in [0.05, 0.1) is 13.0 Å². The van der Waals surface area contributed by atoms with Gasteiger partial charge < -0.3 is 14.4 Å². The van der Waals surface area contributed by atoms with E-state index in [9.17, 15) is 4.79 Å². The zero-order valence-electron chi connectivity index (χ0n) is 20.8. The number of esters is 1. The molecule has 2 aliphatic heterocycles. The van der Waals surface area contributed by atoms with Gasteiger partial charge in [0.25, 0.3) is 0 Å². The highest BCUT2D eigenvalue weighted by Gasteiger charge is 2.43. The van der Waals surface area contributed by atoms with Gasteiger partial charge in [0.2, 0.25) is 0 Å². The van der Waals surface area contributed by atoms with Crippen LogP contribution in [0.2, 0.25) is 5.02 Å². The molecule has 0 amide bonds. The van der Waals surface area contributed by atoms with E-state index in [1.807, 2.05) is 26.8 Å². The number of carbonyl (C=O) groups is 1. The van der Waals surface area contributed by atoms with Gasteiger partial charge in [-0.3, -0.25) is 4.79 Å². The molecule has 0 bridgehead atoms. The summed E-state index contributed by atoms with van der Waals surface area (Å²) in [6.45, 7) is 11.3. The number of fused-ring (bicyclic) bond motifs is 2. The summed E-state index contributed by atoms with van der Waals surface area (Å²) in [5.41, 5.74) is 4.41. The number of halogens is 1. The van der Waals surface area contributed by atoms with Crippen LogP contribution < -0.4 is 4.74 Å². The van der Waals surface area contributed by atoms with E-state index < -0.39 is 5.60 Å². The van der Waals surface area contributed by atoms with Crippen molar-refractivity contribution in [3.8, 4) is 5.75 Å². The van der Waals surface area contributed by atoms with Gasteiger partial charge in [-0.2, -0.15) is 0 Å². The smallest absolute Gasteiger partial charge is 0.307 e. The lowest BCUT2D eigenvalue weighted by Crippen LogP contribution is -2.44. The van der Waals surface area contributed by atoms with Gasteiger partial charge in [0, 0.05) is 22.5 Å². The van der Waals surface area contributed by atoms with Crippen LogP contribution in [0.25, 0.3) is 12.2 Å². The Morgan fingerprint density at radius 3 is 2.62 bits per heavy atom. The van der Waals surface area contributed by atoms with Crippen molar-refractivity contribution in [3.05, 3.63) is 63.7 Å². The molecule has 4 rings (SSSR count). The molecule has 2 aromatic carbocycles. The normalized spacial score (nSPS) is 17.7. The summed E-state index contributed by atoms with van der Waals surface area (Å²) in [5.74, 6) is 0.878. The number of ether oxygens (including phenoxy) is 2. The van der Waals surface area contributed by atoms with Gasteiger partial charge in [-0.1, -0.05) is 54.9 Å². The summed E-state index contributed by atoms with van der Waals surface area (Å²) < 4.78 is 11.6. The molecular formula is C29H36ClNO3. The van der Waals surface area contributed by atoms with E-state index in [0.717, 1.165) is 67.4 Å². The van der Waals surface area contributed by atoms with Crippen molar-refractivity contribution in [2.45, 2.75) is 64.4 Å². The molecular weight excluding hydrogens is 446 g/mol. The summed E-state index contributed by atoms with van der Waals surface area (Å²) in [5, 5.41) is 0.767. The Bertz CT molecular complexity index is 1060. The van der Waals surface area contributed by atoms with Crippen LogP contribution in [0.4, 0.5) is 0 Å². The van der Waals surface area contributed by atoms with E-state index in [0.29, 0.717) is 6.42 Å². The fourth-order valence-electron chi connectivity index (χ4n) is 4.88. The molecule has 4 nitrogen and oxygen atoms in total. The standard InChI is InChI=1S/C29H36ClNO3/c1-5-21-8-11-25(30)23(18-21)9-6-22-7-10-24-26(19-22)33-20-29(24)13-16-31(17-14-29)15-12-27(32)34-28(2,3)4/h6-11,18-19H,5,12-17,20H2,1-4H3/b9-6+. The number of hydrogen-bond acceptors (Lipinski definition) is 4.